The van der Waals surface area contributed by atoms with E-state index in [2.05, 4.69) is 15.9 Å². The van der Waals surface area contributed by atoms with Crippen LogP contribution in [0.4, 0.5) is 8.78 Å². The van der Waals surface area contributed by atoms with E-state index in [0.717, 1.165) is 0 Å². The number of hydrogen-bond donors (Lipinski definition) is 0. The van der Waals surface area contributed by atoms with Crippen LogP contribution >= 0.6 is 27.5 Å². The maximum absolute atomic E-state index is 13.7. The largest absolute Gasteiger partial charge is 0.294 e. The van der Waals surface area contributed by atoms with Gasteiger partial charge in [0.15, 0.2) is 5.78 Å². The zero-order valence-electron chi connectivity index (χ0n) is 9.59. The predicted octanol–water partition coefficient (Wildman–Crippen LogP) is 4.81. The Hall–Kier alpha value is -1.26. The fraction of sp³-hybridized carbons (Fsp3) is 0.0714. The predicted molar refractivity (Wildman–Crippen MR) is 73.5 cm³/mol. The number of benzene rings is 2. The highest BCUT2D eigenvalue weighted by Crippen LogP contribution is 2.21. The van der Waals surface area contributed by atoms with Crippen LogP contribution in [-0.4, -0.2) is 5.78 Å². The second-order valence-corrected chi connectivity index (χ2v) is 5.21. The Labute approximate surface area is 122 Å². The molecule has 0 amide bonds. The molecule has 0 aromatic heterocycles. The van der Waals surface area contributed by atoms with Crippen LogP contribution in [0, 0.1) is 11.6 Å². The van der Waals surface area contributed by atoms with E-state index < -0.39 is 17.4 Å². The summed E-state index contributed by atoms with van der Waals surface area (Å²) in [5, 5.41) is -0.00941. The number of ketones is 1. The van der Waals surface area contributed by atoms with E-state index in [0.29, 0.717) is 5.56 Å². The van der Waals surface area contributed by atoms with Crippen molar-refractivity contribution in [3.63, 3.8) is 0 Å². The van der Waals surface area contributed by atoms with Crippen molar-refractivity contribution in [3.8, 4) is 0 Å². The van der Waals surface area contributed by atoms with Gasteiger partial charge in [-0.05, 0) is 45.8 Å². The first-order valence-electron chi connectivity index (χ1n) is 5.40. The van der Waals surface area contributed by atoms with Crippen LogP contribution in [0.1, 0.15) is 15.9 Å². The third kappa shape index (κ3) is 3.19. The summed E-state index contributed by atoms with van der Waals surface area (Å²) in [6, 6.07) is 8.57. The normalized spacial score (nSPS) is 10.5. The van der Waals surface area contributed by atoms with E-state index in [1.54, 1.807) is 12.1 Å². The smallest absolute Gasteiger partial charge is 0.170 e. The van der Waals surface area contributed by atoms with Crippen molar-refractivity contribution in [2.45, 2.75) is 6.42 Å². The maximum Gasteiger partial charge on any atom is 0.170 e. The monoisotopic (exact) mass is 344 g/mol. The summed E-state index contributed by atoms with van der Waals surface area (Å²) in [6.07, 6.45) is -0.0819. The Bertz CT molecular complexity index is 643. The maximum atomic E-state index is 13.7. The second-order valence-electron chi connectivity index (χ2n) is 3.95. The summed E-state index contributed by atoms with van der Waals surface area (Å²) in [6.45, 7) is 0. The van der Waals surface area contributed by atoms with Crippen LogP contribution in [0.2, 0.25) is 5.02 Å². The highest BCUT2D eigenvalue weighted by atomic mass is 79.9. The minimum atomic E-state index is -0.609. The molecule has 98 valence electrons. The molecule has 0 spiro atoms. The molecule has 0 unspecified atom stereocenters. The van der Waals surface area contributed by atoms with Crippen LogP contribution < -0.4 is 0 Å². The van der Waals surface area contributed by atoms with Crippen molar-refractivity contribution in [2.24, 2.45) is 0 Å². The molecule has 1 nitrogen and oxygen atoms in total. The van der Waals surface area contributed by atoms with Crippen molar-refractivity contribution >= 4 is 33.3 Å². The van der Waals surface area contributed by atoms with Crippen LogP contribution in [0.3, 0.4) is 0 Å². The molecule has 0 N–H and O–H groups in total. The molecule has 0 aliphatic heterocycles. The molecule has 0 saturated carbocycles. The fourth-order valence-corrected chi connectivity index (χ4v) is 2.13. The summed E-state index contributed by atoms with van der Waals surface area (Å²) in [7, 11) is 0. The Morgan fingerprint density at radius 1 is 1.21 bits per heavy atom. The molecule has 0 radical (unpaired) electrons. The van der Waals surface area contributed by atoms with Gasteiger partial charge in [0.1, 0.15) is 11.6 Å². The van der Waals surface area contributed by atoms with E-state index in [1.165, 1.54) is 24.3 Å². The van der Waals surface area contributed by atoms with Gasteiger partial charge in [-0.1, -0.05) is 23.7 Å². The van der Waals surface area contributed by atoms with Crippen LogP contribution in [-0.2, 0) is 6.42 Å². The first-order valence-corrected chi connectivity index (χ1v) is 6.57. The molecule has 0 aliphatic carbocycles. The first-order chi connectivity index (χ1) is 8.99. The average molecular weight is 346 g/mol. The lowest BCUT2D eigenvalue weighted by Crippen LogP contribution is -2.06. The van der Waals surface area contributed by atoms with Crippen LogP contribution in [0.15, 0.2) is 40.9 Å². The SMILES string of the molecule is O=C(Cc1ccc(Cl)c(F)c1)c1cccc(Br)c1F. The van der Waals surface area contributed by atoms with Gasteiger partial charge >= 0.3 is 0 Å². The van der Waals surface area contributed by atoms with E-state index in [1.807, 2.05) is 0 Å². The molecular weight excluding hydrogens is 338 g/mol. The summed E-state index contributed by atoms with van der Waals surface area (Å²) in [5.74, 6) is -1.62. The van der Waals surface area contributed by atoms with Crippen molar-refractivity contribution in [1.29, 1.82) is 0 Å². The highest BCUT2D eigenvalue weighted by molar-refractivity contribution is 9.10. The average Bonchev–Trinajstić information content (AvgIpc) is 2.37. The first kappa shape index (κ1) is 14.2. The van der Waals surface area contributed by atoms with Gasteiger partial charge in [0.2, 0.25) is 0 Å². The van der Waals surface area contributed by atoms with Crippen molar-refractivity contribution in [2.75, 3.05) is 0 Å². The molecule has 0 saturated heterocycles. The minimum absolute atomic E-state index is 0.00941. The third-order valence-electron chi connectivity index (χ3n) is 2.60. The highest BCUT2D eigenvalue weighted by Gasteiger charge is 2.15. The van der Waals surface area contributed by atoms with Gasteiger partial charge in [-0.25, -0.2) is 8.78 Å². The Morgan fingerprint density at radius 2 is 1.95 bits per heavy atom. The van der Waals surface area contributed by atoms with Crippen LogP contribution in [0.5, 0.6) is 0 Å². The quantitative estimate of drug-likeness (QED) is 0.730. The Morgan fingerprint density at radius 3 is 2.63 bits per heavy atom. The lowest BCUT2D eigenvalue weighted by Gasteiger charge is -2.05. The zero-order chi connectivity index (χ0) is 14.0. The van der Waals surface area contributed by atoms with Gasteiger partial charge in [-0.3, -0.25) is 4.79 Å². The molecule has 2 rings (SSSR count). The molecule has 5 heteroatoms. The number of hydrogen-bond acceptors (Lipinski definition) is 1. The molecule has 0 aliphatic rings. The number of Topliss-reactive ketones (excluding diaryl/α,β-unsaturated/α-hetero) is 1. The Kier molecular flexibility index (Phi) is 4.32. The molecule has 0 fully saturated rings. The summed E-state index contributed by atoms with van der Waals surface area (Å²) >= 11 is 8.57. The lowest BCUT2D eigenvalue weighted by molar-refractivity contribution is 0.0989. The number of carbonyl (C=O) groups excluding carboxylic acids is 1. The van der Waals surface area contributed by atoms with Gasteiger partial charge in [-0.2, -0.15) is 0 Å². The van der Waals surface area contributed by atoms with Crippen molar-refractivity contribution in [3.05, 3.63) is 68.7 Å². The topological polar surface area (TPSA) is 17.1 Å². The van der Waals surface area contributed by atoms with Gasteiger partial charge in [0.05, 0.1) is 15.1 Å². The van der Waals surface area contributed by atoms with Crippen molar-refractivity contribution in [1.82, 2.24) is 0 Å². The van der Waals surface area contributed by atoms with Gasteiger partial charge in [-0.15, -0.1) is 0 Å². The molecular formula is C14H8BrClF2O. The van der Waals surface area contributed by atoms with Gasteiger partial charge < -0.3 is 0 Å². The number of halogens is 4. The third-order valence-corrected chi connectivity index (χ3v) is 3.52. The summed E-state index contributed by atoms with van der Waals surface area (Å²) in [4.78, 5) is 12.0. The van der Waals surface area contributed by atoms with Crippen molar-refractivity contribution < 1.29 is 13.6 Å². The Balaban J connectivity index is 2.26. The number of rotatable bonds is 3. The van der Waals surface area contributed by atoms with Crippen LogP contribution in [0.25, 0.3) is 0 Å². The molecule has 0 bridgehead atoms. The standard InChI is InChI=1S/C14H8BrClF2O/c15-10-3-1-2-9(14(10)18)13(19)7-8-4-5-11(16)12(17)6-8/h1-6H,7H2. The molecule has 0 heterocycles. The summed E-state index contributed by atoms with van der Waals surface area (Å²) in [5.41, 5.74) is 0.427. The van der Waals surface area contributed by atoms with Gasteiger partial charge in [0.25, 0.3) is 0 Å². The molecule has 19 heavy (non-hydrogen) atoms. The second kappa shape index (κ2) is 5.80. The zero-order valence-corrected chi connectivity index (χ0v) is 11.9. The molecule has 2 aromatic rings. The molecule has 0 atom stereocenters. The number of carbonyl (C=O) groups is 1. The fourth-order valence-electron chi connectivity index (χ4n) is 1.65. The van der Waals surface area contributed by atoms with Gasteiger partial charge in [0, 0.05) is 6.42 Å². The minimum Gasteiger partial charge on any atom is -0.294 e. The molecule has 2 aromatic carbocycles. The van der Waals surface area contributed by atoms with E-state index in [-0.39, 0.29) is 21.5 Å². The van der Waals surface area contributed by atoms with E-state index >= 15 is 0 Å². The van der Waals surface area contributed by atoms with E-state index in [4.69, 9.17) is 11.6 Å². The van der Waals surface area contributed by atoms with E-state index in [9.17, 15) is 13.6 Å². The lowest BCUT2D eigenvalue weighted by atomic mass is 10.0. The summed E-state index contributed by atoms with van der Waals surface area (Å²) < 4.78 is 27.2.